The molecule has 2 amide bonds. The van der Waals surface area contributed by atoms with E-state index < -0.39 is 12.1 Å². The van der Waals surface area contributed by atoms with E-state index >= 15 is 0 Å². The lowest BCUT2D eigenvalue weighted by Gasteiger charge is -2.23. The van der Waals surface area contributed by atoms with Crippen molar-refractivity contribution in [1.29, 1.82) is 0 Å². The topological polar surface area (TPSA) is 105 Å². The highest BCUT2D eigenvalue weighted by molar-refractivity contribution is 5.80. The summed E-state index contributed by atoms with van der Waals surface area (Å²) in [5.41, 5.74) is 4.71. The SMILES string of the molecule is CCC(CCC(=O)O)NC(=O)[C@@H]1CCC[C@@H]1CNC(=O)OCC1c2ccccc2-c2ccccc21. The fourth-order valence-electron chi connectivity index (χ4n) is 5.47. The van der Waals surface area contributed by atoms with Gasteiger partial charge in [-0.3, -0.25) is 9.59 Å². The molecule has 3 N–H and O–H groups in total. The monoisotopic (exact) mass is 478 g/mol. The van der Waals surface area contributed by atoms with Gasteiger partial charge in [0, 0.05) is 30.8 Å². The average Bonchev–Trinajstić information content (AvgIpc) is 3.46. The number of carboxylic acids is 1. The molecule has 7 nitrogen and oxygen atoms in total. The van der Waals surface area contributed by atoms with Gasteiger partial charge in [-0.1, -0.05) is 61.9 Å². The number of carbonyl (C=O) groups excluding carboxylic acids is 2. The molecule has 0 radical (unpaired) electrons. The Balaban J connectivity index is 1.28. The molecular weight excluding hydrogens is 444 g/mol. The van der Waals surface area contributed by atoms with Gasteiger partial charge < -0.3 is 20.5 Å². The largest absolute Gasteiger partial charge is 0.481 e. The number of carbonyl (C=O) groups is 3. The van der Waals surface area contributed by atoms with Gasteiger partial charge in [0.15, 0.2) is 0 Å². The molecular formula is C28H34N2O5. The van der Waals surface area contributed by atoms with Crippen LogP contribution in [0.1, 0.15) is 62.5 Å². The van der Waals surface area contributed by atoms with Crippen LogP contribution in [0.2, 0.25) is 0 Å². The number of hydrogen-bond donors (Lipinski definition) is 3. The molecule has 0 heterocycles. The second-order valence-electron chi connectivity index (χ2n) is 9.55. The van der Waals surface area contributed by atoms with Gasteiger partial charge in [-0.2, -0.15) is 0 Å². The van der Waals surface area contributed by atoms with E-state index in [1.54, 1.807) is 0 Å². The molecule has 35 heavy (non-hydrogen) atoms. The molecule has 3 atom stereocenters. The minimum Gasteiger partial charge on any atom is -0.481 e. The number of fused-ring (bicyclic) bond motifs is 3. The Bertz CT molecular complexity index is 1020. The van der Waals surface area contributed by atoms with Crippen LogP contribution in [-0.2, 0) is 14.3 Å². The Morgan fingerprint density at radius 3 is 2.31 bits per heavy atom. The molecule has 2 aromatic rings. The quantitative estimate of drug-likeness (QED) is 0.459. The zero-order chi connectivity index (χ0) is 24.8. The number of alkyl carbamates (subject to hydrolysis) is 1. The van der Waals surface area contributed by atoms with Crippen molar-refractivity contribution < 1.29 is 24.2 Å². The molecule has 4 rings (SSSR count). The van der Waals surface area contributed by atoms with E-state index in [9.17, 15) is 14.4 Å². The zero-order valence-electron chi connectivity index (χ0n) is 20.2. The van der Waals surface area contributed by atoms with E-state index in [0.29, 0.717) is 19.4 Å². The van der Waals surface area contributed by atoms with Crippen LogP contribution in [-0.4, -0.2) is 42.3 Å². The highest BCUT2D eigenvalue weighted by atomic mass is 16.5. The fraction of sp³-hybridized carbons (Fsp3) is 0.464. The van der Waals surface area contributed by atoms with Gasteiger partial charge in [-0.15, -0.1) is 0 Å². The molecule has 1 fully saturated rings. The third-order valence-corrected chi connectivity index (χ3v) is 7.39. The first-order valence-electron chi connectivity index (χ1n) is 12.6. The molecule has 1 saturated carbocycles. The van der Waals surface area contributed by atoms with Crippen LogP contribution in [0, 0.1) is 11.8 Å². The van der Waals surface area contributed by atoms with Gasteiger partial charge in [-0.05, 0) is 53.9 Å². The van der Waals surface area contributed by atoms with Gasteiger partial charge in [-0.25, -0.2) is 4.79 Å². The molecule has 2 aromatic carbocycles. The van der Waals surface area contributed by atoms with E-state index in [1.807, 2.05) is 31.2 Å². The first kappa shape index (κ1) is 24.8. The van der Waals surface area contributed by atoms with Crippen molar-refractivity contribution in [2.24, 2.45) is 11.8 Å². The Kier molecular flexibility index (Phi) is 8.06. The summed E-state index contributed by atoms with van der Waals surface area (Å²) in [4.78, 5) is 36.2. The molecule has 0 bridgehead atoms. The average molecular weight is 479 g/mol. The third-order valence-electron chi connectivity index (χ3n) is 7.39. The Labute approximate surface area is 206 Å². The summed E-state index contributed by atoms with van der Waals surface area (Å²) in [6.45, 7) is 2.59. The number of nitrogens with one attached hydrogen (secondary N) is 2. The van der Waals surface area contributed by atoms with Crippen molar-refractivity contribution >= 4 is 18.0 Å². The second kappa shape index (κ2) is 11.4. The number of aliphatic carboxylic acids is 1. The van der Waals surface area contributed by atoms with Crippen molar-refractivity contribution in [3.8, 4) is 11.1 Å². The summed E-state index contributed by atoms with van der Waals surface area (Å²) >= 11 is 0. The molecule has 2 aliphatic carbocycles. The smallest absolute Gasteiger partial charge is 0.407 e. The maximum absolute atomic E-state index is 12.8. The van der Waals surface area contributed by atoms with Crippen LogP contribution in [0.4, 0.5) is 4.79 Å². The number of benzene rings is 2. The Morgan fingerprint density at radius 1 is 1.03 bits per heavy atom. The van der Waals surface area contributed by atoms with Crippen LogP contribution in [0.15, 0.2) is 48.5 Å². The van der Waals surface area contributed by atoms with Gasteiger partial charge >= 0.3 is 12.1 Å². The van der Waals surface area contributed by atoms with E-state index in [1.165, 1.54) is 22.3 Å². The van der Waals surface area contributed by atoms with E-state index in [4.69, 9.17) is 9.84 Å². The molecule has 0 aromatic heterocycles. The minimum atomic E-state index is -0.858. The normalized spacial score (nSPS) is 19.5. The standard InChI is InChI=1S/C28H34N2O5/c1-2-19(14-15-26(31)32)30-27(33)20-13-7-8-18(20)16-29-28(34)35-17-25-23-11-5-3-9-21(23)22-10-4-6-12-24(22)25/h3-6,9-12,18-20,25H,2,7-8,13-17H2,1H3,(H,29,34)(H,30,33)(H,31,32)/t18-,19?,20-/m1/s1. The molecule has 0 aliphatic heterocycles. The molecule has 0 spiro atoms. The number of carboxylic acid groups (broad SMARTS) is 1. The summed E-state index contributed by atoms with van der Waals surface area (Å²) < 4.78 is 5.63. The van der Waals surface area contributed by atoms with Gasteiger partial charge in [0.25, 0.3) is 0 Å². The summed E-state index contributed by atoms with van der Waals surface area (Å²) in [6, 6.07) is 16.3. The maximum Gasteiger partial charge on any atom is 0.407 e. The molecule has 0 saturated heterocycles. The van der Waals surface area contributed by atoms with Crippen molar-refractivity contribution in [2.45, 2.75) is 57.4 Å². The van der Waals surface area contributed by atoms with Crippen LogP contribution >= 0.6 is 0 Å². The first-order chi connectivity index (χ1) is 17.0. The Morgan fingerprint density at radius 2 is 1.69 bits per heavy atom. The number of ether oxygens (including phenoxy) is 1. The molecule has 1 unspecified atom stereocenters. The summed E-state index contributed by atoms with van der Waals surface area (Å²) in [6.07, 6.45) is 3.26. The van der Waals surface area contributed by atoms with Gasteiger partial charge in [0.05, 0.1) is 0 Å². The molecule has 2 aliphatic rings. The van der Waals surface area contributed by atoms with Crippen molar-refractivity contribution in [3.05, 3.63) is 59.7 Å². The number of hydrogen-bond acceptors (Lipinski definition) is 4. The lowest BCUT2D eigenvalue weighted by Crippen LogP contribution is -2.42. The van der Waals surface area contributed by atoms with Crippen LogP contribution in [0.3, 0.4) is 0 Å². The van der Waals surface area contributed by atoms with Gasteiger partial charge in [0.1, 0.15) is 6.61 Å². The molecule has 7 heteroatoms. The number of rotatable bonds is 10. The predicted molar refractivity (Wildman–Crippen MR) is 133 cm³/mol. The fourth-order valence-corrected chi connectivity index (χ4v) is 5.47. The Hall–Kier alpha value is -3.35. The van der Waals surface area contributed by atoms with Gasteiger partial charge in [0.2, 0.25) is 5.91 Å². The first-order valence-corrected chi connectivity index (χ1v) is 12.6. The summed E-state index contributed by atoms with van der Waals surface area (Å²) in [7, 11) is 0. The van der Waals surface area contributed by atoms with E-state index in [2.05, 4.69) is 34.9 Å². The lowest BCUT2D eigenvalue weighted by molar-refractivity contribution is -0.137. The maximum atomic E-state index is 12.8. The second-order valence-corrected chi connectivity index (χ2v) is 9.55. The third kappa shape index (κ3) is 5.84. The lowest BCUT2D eigenvalue weighted by atomic mass is 9.94. The highest BCUT2D eigenvalue weighted by Crippen LogP contribution is 2.44. The molecule has 186 valence electrons. The zero-order valence-corrected chi connectivity index (χ0v) is 20.2. The van der Waals surface area contributed by atoms with E-state index in [-0.39, 0.29) is 42.7 Å². The van der Waals surface area contributed by atoms with Crippen molar-refractivity contribution in [3.63, 3.8) is 0 Å². The van der Waals surface area contributed by atoms with Crippen LogP contribution in [0.5, 0.6) is 0 Å². The van der Waals surface area contributed by atoms with Crippen molar-refractivity contribution in [2.75, 3.05) is 13.2 Å². The summed E-state index contributed by atoms with van der Waals surface area (Å²) in [5.74, 6) is -1.02. The van der Waals surface area contributed by atoms with Crippen molar-refractivity contribution in [1.82, 2.24) is 10.6 Å². The van der Waals surface area contributed by atoms with E-state index in [0.717, 1.165) is 19.3 Å². The number of amides is 2. The minimum absolute atomic E-state index is 0.00920. The van der Waals surface area contributed by atoms with Crippen LogP contribution < -0.4 is 10.6 Å². The van der Waals surface area contributed by atoms with Crippen LogP contribution in [0.25, 0.3) is 11.1 Å². The highest BCUT2D eigenvalue weighted by Gasteiger charge is 2.34. The predicted octanol–water partition coefficient (Wildman–Crippen LogP) is 4.70. The summed E-state index contributed by atoms with van der Waals surface area (Å²) in [5, 5.41) is 14.8.